The van der Waals surface area contributed by atoms with Gasteiger partial charge in [-0.2, -0.15) is 0 Å². The highest BCUT2D eigenvalue weighted by molar-refractivity contribution is 5.48. The van der Waals surface area contributed by atoms with Crippen molar-refractivity contribution in [2.75, 3.05) is 26.9 Å². The Hall–Kier alpha value is -1.26. The molecule has 0 amide bonds. The van der Waals surface area contributed by atoms with Gasteiger partial charge in [-0.05, 0) is 63.5 Å². The van der Waals surface area contributed by atoms with Crippen LogP contribution in [0.2, 0.25) is 0 Å². The second kappa shape index (κ2) is 6.26. The molecular formula is C15H24N2O2. The zero-order valence-electron chi connectivity index (χ0n) is 12.1. The highest BCUT2D eigenvalue weighted by Crippen LogP contribution is 2.34. The summed E-state index contributed by atoms with van der Waals surface area (Å²) in [6.07, 6.45) is 2.06. The Bertz CT molecular complexity index is 432. The number of aryl methyl sites for hydroxylation is 1. The van der Waals surface area contributed by atoms with Crippen molar-refractivity contribution in [2.24, 2.45) is 5.73 Å². The summed E-state index contributed by atoms with van der Waals surface area (Å²) >= 11 is 0. The second-order valence-electron chi connectivity index (χ2n) is 5.45. The molecule has 0 aliphatic carbocycles. The van der Waals surface area contributed by atoms with Crippen molar-refractivity contribution in [1.82, 2.24) is 4.90 Å². The van der Waals surface area contributed by atoms with E-state index in [4.69, 9.17) is 15.2 Å². The van der Waals surface area contributed by atoms with Gasteiger partial charge in [0, 0.05) is 12.6 Å². The lowest BCUT2D eigenvalue weighted by molar-refractivity contribution is 0.174. The van der Waals surface area contributed by atoms with Crippen LogP contribution in [0.3, 0.4) is 0 Å². The molecule has 106 valence electrons. The minimum atomic E-state index is 0.273. The molecule has 1 aliphatic heterocycles. The Kier molecular flexibility index (Phi) is 4.66. The fourth-order valence-electron chi connectivity index (χ4n) is 2.20. The number of nitrogens with two attached hydrogens (primary N) is 1. The van der Waals surface area contributed by atoms with E-state index in [0.717, 1.165) is 37.4 Å². The van der Waals surface area contributed by atoms with E-state index in [1.54, 1.807) is 0 Å². The zero-order chi connectivity index (χ0) is 13.8. The number of hydrogen-bond acceptors (Lipinski definition) is 4. The van der Waals surface area contributed by atoms with Gasteiger partial charge in [0.25, 0.3) is 0 Å². The Morgan fingerprint density at radius 2 is 1.95 bits per heavy atom. The first-order valence-electron chi connectivity index (χ1n) is 6.89. The summed E-state index contributed by atoms with van der Waals surface area (Å²) in [5.41, 5.74) is 8.38. The number of nitrogens with zero attached hydrogens (tertiary/aromatic N) is 1. The largest absolute Gasteiger partial charge is 0.454 e. The van der Waals surface area contributed by atoms with Gasteiger partial charge in [0.05, 0.1) is 0 Å². The van der Waals surface area contributed by atoms with Crippen LogP contribution >= 0.6 is 0 Å². The topological polar surface area (TPSA) is 47.7 Å². The summed E-state index contributed by atoms with van der Waals surface area (Å²) in [4.78, 5) is 2.33. The van der Waals surface area contributed by atoms with Crippen LogP contribution in [-0.4, -0.2) is 37.9 Å². The van der Waals surface area contributed by atoms with E-state index in [0.29, 0.717) is 6.79 Å². The van der Waals surface area contributed by atoms with Gasteiger partial charge in [0.1, 0.15) is 0 Å². The van der Waals surface area contributed by atoms with Gasteiger partial charge < -0.3 is 20.1 Å². The van der Waals surface area contributed by atoms with Crippen LogP contribution in [0.5, 0.6) is 11.5 Å². The van der Waals surface area contributed by atoms with E-state index in [1.807, 2.05) is 0 Å². The standard InChI is InChI=1S/C15H24N2O2/c1-11-8-14-15(19-10-18-14)9-13(11)5-7-17(3)6-4-12(2)16/h8-9,12H,4-7,10,16H2,1-3H3. The summed E-state index contributed by atoms with van der Waals surface area (Å²) in [7, 11) is 2.14. The van der Waals surface area contributed by atoms with Crippen LogP contribution in [0.15, 0.2) is 12.1 Å². The lowest BCUT2D eigenvalue weighted by Gasteiger charge is -2.18. The quantitative estimate of drug-likeness (QED) is 0.853. The summed E-state index contributed by atoms with van der Waals surface area (Å²) in [6, 6.07) is 4.45. The maximum atomic E-state index is 5.78. The third-order valence-electron chi connectivity index (χ3n) is 3.56. The first-order chi connectivity index (χ1) is 9.06. The molecule has 0 saturated carbocycles. The molecule has 19 heavy (non-hydrogen) atoms. The Balaban J connectivity index is 1.89. The van der Waals surface area contributed by atoms with E-state index >= 15 is 0 Å². The maximum absolute atomic E-state index is 5.78. The van der Waals surface area contributed by atoms with E-state index in [9.17, 15) is 0 Å². The van der Waals surface area contributed by atoms with Crippen LogP contribution in [0.25, 0.3) is 0 Å². The number of likely N-dealkylation sites (N-methyl/N-ethyl adjacent to an activating group) is 1. The molecule has 1 atom stereocenters. The molecule has 1 heterocycles. The van der Waals surface area contributed by atoms with Crippen LogP contribution in [0.4, 0.5) is 0 Å². The van der Waals surface area contributed by atoms with Crippen molar-refractivity contribution < 1.29 is 9.47 Å². The molecule has 1 aliphatic rings. The molecule has 4 nitrogen and oxygen atoms in total. The summed E-state index contributed by atoms with van der Waals surface area (Å²) in [5, 5.41) is 0. The molecule has 0 radical (unpaired) electrons. The van der Waals surface area contributed by atoms with E-state index in [2.05, 4.69) is 37.9 Å². The van der Waals surface area contributed by atoms with Crippen molar-refractivity contribution in [3.05, 3.63) is 23.3 Å². The highest BCUT2D eigenvalue weighted by atomic mass is 16.7. The van der Waals surface area contributed by atoms with Gasteiger partial charge in [-0.15, -0.1) is 0 Å². The van der Waals surface area contributed by atoms with Gasteiger partial charge in [-0.25, -0.2) is 0 Å². The first kappa shape index (κ1) is 14.2. The smallest absolute Gasteiger partial charge is 0.231 e. The highest BCUT2D eigenvalue weighted by Gasteiger charge is 2.15. The van der Waals surface area contributed by atoms with E-state index in [1.165, 1.54) is 11.1 Å². The molecule has 2 N–H and O–H groups in total. The lowest BCUT2D eigenvalue weighted by Crippen LogP contribution is -2.27. The van der Waals surface area contributed by atoms with Gasteiger partial charge in [0.2, 0.25) is 6.79 Å². The normalized spacial score (nSPS) is 15.0. The molecule has 2 rings (SSSR count). The fourth-order valence-corrected chi connectivity index (χ4v) is 2.20. The van der Waals surface area contributed by atoms with Crippen LogP contribution in [-0.2, 0) is 6.42 Å². The van der Waals surface area contributed by atoms with Gasteiger partial charge in [0.15, 0.2) is 11.5 Å². The van der Waals surface area contributed by atoms with Crippen LogP contribution in [0, 0.1) is 6.92 Å². The van der Waals surface area contributed by atoms with Gasteiger partial charge >= 0.3 is 0 Å². The van der Waals surface area contributed by atoms with E-state index in [-0.39, 0.29) is 6.04 Å². The molecule has 0 bridgehead atoms. The fraction of sp³-hybridized carbons (Fsp3) is 0.600. The average molecular weight is 264 g/mol. The number of rotatable bonds is 6. The van der Waals surface area contributed by atoms with E-state index < -0.39 is 0 Å². The summed E-state index contributed by atoms with van der Waals surface area (Å²) < 4.78 is 10.8. The zero-order valence-corrected chi connectivity index (χ0v) is 12.1. The second-order valence-corrected chi connectivity index (χ2v) is 5.45. The molecule has 0 spiro atoms. The third-order valence-corrected chi connectivity index (χ3v) is 3.56. The Morgan fingerprint density at radius 1 is 1.26 bits per heavy atom. The third kappa shape index (κ3) is 3.85. The number of fused-ring (bicyclic) bond motifs is 1. The summed E-state index contributed by atoms with van der Waals surface area (Å²) in [6.45, 7) is 6.59. The van der Waals surface area contributed by atoms with Crippen molar-refractivity contribution in [3.63, 3.8) is 0 Å². The first-order valence-corrected chi connectivity index (χ1v) is 6.89. The predicted molar refractivity (Wildman–Crippen MR) is 76.8 cm³/mol. The average Bonchev–Trinajstić information content (AvgIpc) is 2.80. The minimum Gasteiger partial charge on any atom is -0.454 e. The molecule has 1 aromatic rings. The van der Waals surface area contributed by atoms with Crippen molar-refractivity contribution in [3.8, 4) is 11.5 Å². The lowest BCUT2D eigenvalue weighted by atomic mass is 10.0. The SMILES string of the molecule is Cc1cc2c(cc1CCN(C)CCC(C)N)OCO2. The maximum Gasteiger partial charge on any atom is 0.231 e. The Morgan fingerprint density at radius 3 is 2.63 bits per heavy atom. The van der Waals surface area contributed by atoms with Crippen LogP contribution in [0.1, 0.15) is 24.5 Å². The van der Waals surface area contributed by atoms with Crippen LogP contribution < -0.4 is 15.2 Å². The number of ether oxygens (including phenoxy) is 2. The minimum absolute atomic E-state index is 0.273. The predicted octanol–water partition coefficient (Wildman–Crippen LogP) is 1.94. The molecule has 1 unspecified atom stereocenters. The molecule has 0 fully saturated rings. The summed E-state index contributed by atoms with van der Waals surface area (Å²) in [5.74, 6) is 1.74. The van der Waals surface area contributed by atoms with Gasteiger partial charge in [-0.1, -0.05) is 0 Å². The molecule has 0 aromatic heterocycles. The number of hydrogen-bond donors (Lipinski definition) is 1. The molecule has 1 aromatic carbocycles. The van der Waals surface area contributed by atoms with Crippen molar-refractivity contribution >= 4 is 0 Å². The van der Waals surface area contributed by atoms with Crippen molar-refractivity contribution in [1.29, 1.82) is 0 Å². The molecule has 4 heteroatoms. The monoisotopic (exact) mass is 264 g/mol. The molecule has 0 saturated heterocycles. The Labute approximate surface area is 115 Å². The van der Waals surface area contributed by atoms with Crippen molar-refractivity contribution in [2.45, 2.75) is 32.7 Å². The van der Waals surface area contributed by atoms with Gasteiger partial charge in [-0.3, -0.25) is 0 Å². The molecular weight excluding hydrogens is 240 g/mol. The number of benzene rings is 1.